The van der Waals surface area contributed by atoms with Gasteiger partial charge in [0.05, 0.1) is 0 Å². The molecule has 172 valence electrons. The molecule has 2 aromatic rings. The van der Waals surface area contributed by atoms with Gasteiger partial charge in [-0.25, -0.2) is 0 Å². The van der Waals surface area contributed by atoms with E-state index in [4.69, 9.17) is 4.52 Å². The van der Waals surface area contributed by atoms with Crippen molar-refractivity contribution in [3.63, 3.8) is 0 Å². The van der Waals surface area contributed by atoms with Gasteiger partial charge < -0.3 is 20.5 Å². The fourth-order valence-electron chi connectivity index (χ4n) is 3.99. The molecule has 1 saturated carbocycles. The minimum atomic E-state index is -0.601. The van der Waals surface area contributed by atoms with Crippen molar-refractivity contribution in [2.24, 2.45) is 0 Å². The number of nitrogens with one attached hydrogen (secondary N) is 3. The number of nitrogens with zero attached hydrogens (tertiary/aromatic N) is 2. The molecule has 1 aromatic carbocycles. The summed E-state index contributed by atoms with van der Waals surface area (Å²) in [6.07, 6.45) is 6.61. The van der Waals surface area contributed by atoms with Crippen LogP contribution in [0, 0.1) is 0 Å². The highest BCUT2D eigenvalue weighted by Gasteiger charge is 2.38. The monoisotopic (exact) mass is 441 g/mol. The van der Waals surface area contributed by atoms with E-state index in [1.807, 2.05) is 0 Å². The van der Waals surface area contributed by atoms with Crippen molar-refractivity contribution < 1.29 is 18.9 Å². The van der Waals surface area contributed by atoms with Crippen molar-refractivity contribution in [2.45, 2.75) is 77.2 Å². The van der Waals surface area contributed by atoms with Crippen LogP contribution in [0.2, 0.25) is 0 Å². The Morgan fingerprint density at radius 2 is 1.69 bits per heavy atom. The molecule has 9 nitrogen and oxygen atoms in total. The van der Waals surface area contributed by atoms with Crippen molar-refractivity contribution in [2.75, 3.05) is 10.6 Å². The first-order valence-corrected chi connectivity index (χ1v) is 11.2. The molecule has 1 aliphatic carbocycles. The molecule has 32 heavy (non-hydrogen) atoms. The van der Waals surface area contributed by atoms with E-state index < -0.39 is 5.54 Å². The van der Waals surface area contributed by atoms with Crippen LogP contribution < -0.4 is 16.0 Å². The van der Waals surface area contributed by atoms with Crippen molar-refractivity contribution in [3.8, 4) is 0 Å². The molecular formula is C23H31N5O4. The van der Waals surface area contributed by atoms with Crippen molar-refractivity contribution in [1.29, 1.82) is 0 Å². The van der Waals surface area contributed by atoms with Gasteiger partial charge in [0, 0.05) is 37.6 Å². The highest BCUT2D eigenvalue weighted by atomic mass is 16.5. The zero-order valence-electron chi connectivity index (χ0n) is 18.7. The van der Waals surface area contributed by atoms with Gasteiger partial charge in [-0.2, -0.15) is 4.98 Å². The molecule has 1 heterocycles. The number of rotatable bonds is 8. The third-order valence-electron chi connectivity index (χ3n) is 5.59. The maximum Gasteiger partial charge on any atom is 0.227 e. The average molecular weight is 442 g/mol. The van der Waals surface area contributed by atoms with Gasteiger partial charge in [-0.1, -0.05) is 43.8 Å². The minimum Gasteiger partial charge on any atom is -0.343 e. The molecule has 9 heteroatoms. The van der Waals surface area contributed by atoms with Crippen molar-refractivity contribution in [3.05, 3.63) is 36.0 Å². The SMILES string of the molecule is CCC(=O)Nc1cccc(NC(=O)CCc2nc(C3(NC(C)=O)CCCCCC3)no2)c1. The second-order valence-corrected chi connectivity index (χ2v) is 8.22. The van der Waals surface area contributed by atoms with E-state index in [2.05, 4.69) is 26.1 Å². The molecule has 0 atom stereocenters. The van der Waals surface area contributed by atoms with E-state index in [0.717, 1.165) is 38.5 Å². The van der Waals surface area contributed by atoms with E-state index >= 15 is 0 Å². The van der Waals surface area contributed by atoms with Gasteiger partial charge in [-0.05, 0) is 31.0 Å². The molecule has 0 bridgehead atoms. The van der Waals surface area contributed by atoms with Crippen LogP contribution in [0.5, 0.6) is 0 Å². The number of amides is 3. The minimum absolute atomic E-state index is 0.0913. The predicted molar refractivity (Wildman–Crippen MR) is 120 cm³/mol. The van der Waals surface area contributed by atoms with Crippen LogP contribution in [0.25, 0.3) is 0 Å². The lowest BCUT2D eigenvalue weighted by Gasteiger charge is -2.30. The first-order valence-electron chi connectivity index (χ1n) is 11.2. The summed E-state index contributed by atoms with van der Waals surface area (Å²) in [4.78, 5) is 40.3. The number of anilines is 2. The normalized spacial score (nSPS) is 15.4. The molecule has 1 fully saturated rings. The number of benzene rings is 1. The molecule has 3 rings (SSSR count). The van der Waals surface area contributed by atoms with E-state index in [0.29, 0.717) is 35.9 Å². The molecule has 0 radical (unpaired) electrons. The number of aryl methyl sites for hydroxylation is 1. The van der Waals surface area contributed by atoms with Crippen molar-refractivity contribution in [1.82, 2.24) is 15.5 Å². The first-order chi connectivity index (χ1) is 15.4. The molecule has 0 saturated heterocycles. The Labute approximate surface area is 187 Å². The molecule has 3 N–H and O–H groups in total. The number of hydrogen-bond donors (Lipinski definition) is 3. The molecule has 1 aliphatic rings. The second-order valence-electron chi connectivity index (χ2n) is 8.22. The summed E-state index contributed by atoms with van der Waals surface area (Å²) in [5.74, 6) is 0.452. The number of carbonyl (C=O) groups is 3. The van der Waals surface area contributed by atoms with Crippen LogP contribution in [0.1, 0.15) is 76.9 Å². The van der Waals surface area contributed by atoms with Crippen LogP contribution in [0.4, 0.5) is 11.4 Å². The van der Waals surface area contributed by atoms with E-state index in [-0.39, 0.29) is 24.1 Å². The smallest absolute Gasteiger partial charge is 0.227 e. The zero-order chi connectivity index (χ0) is 23.0. The summed E-state index contributed by atoms with van der Waals surface area (Å²) < 4.78 is 5.40. The lowest BCUT2D eigenvalue weighted by Crippen LogP contribution is -2.45. The summed E-state index contributed by atoms with van der Waals surface area (Å²) in [7, 11) is 0. The van der Waals surface area contributed by atoms with E-state index in [9.17, 15) is 14.4 Å². The summed E-state index contributed by atoms with van der Waals surface area (Å²) in [6, 6.07) is 6.99. The highest BCUT2D eigenvalue weighted by Crippen LogP contribution is 2.34. The third-order valence-corrected chi connectivity index (χ3v) is 5.59. The molecular weight excluding hydrogens is 410 g/mol. The van der Waals surface area contributed by atoms with Gasteiger partial charge >= 0.3 is 0 Å². The van der Waals surface area contributed by atoms with E-state index in [1.165, 1.54) is 6.92 Å². The standard InChI is InChI=1S/C23H31N5O4/c1-3-19(30)24-17-9-8-10-18(15-17)25-20(31)11-12-21-26-22(28-32-21)23(27-16(2)29)13-6-4-5-7-14-23/h8-10,15H,3-7,11-14H2,1-2H3,(H,24,30)(H,25,31)(H,27,29). The summed E-state index contributed by atoms with van der Waals surface area (Å²) >= 11 is 0. The summed E-state index contributed by atoms with van der Waals surface area (Å²) in [5, 5.41) is 12.8. The summed E-state index contributed by atoms with van der Waals surface area (Å²) in [6.45, 7) is 3.28. The second kappa shape index (κ2) is 10.9. The zero-order valence-corrected chi connectivity index (χ0v) is 18.7. The van der Waals surface area contributed by atoms with Gasteiger partial charge in [0.15, 0.2) is 5.82 Å². The first kappa shape index (κ1) is 23.4. The maximum atomic E-state index is 12.4. The lowest BCUT2D eigenvalue weighted by atomic mass is 9.89. The Hall–Kier alpha value is -3.23. The van der Waals surface area contributed by atoms with E-state index in [1.54, 1.807) is 31.2 Å². The van der Waals surface area contributed by atoms with Gasteiger partial charge in [0.25, 0.3) is 0 Å². The van der Waals surface area contributed by atoms with Crippen molar-refractivity contribution >= 4 is 29.1 Å². The van der Waals surface area contributed by atoms with Gasteiger partial charge in [0.2, 0.25) is 23.6 Å². The Morgan fingerprint density at radius 1 is 1.03 bits per heavy atom. The molecule has 1 aromatic heterocycles. The Morgan fingerprint density at radius 3 is 2.31 bits per heavy atom. The molecule has 0 aliphatic heterocycles. The Kier molecular flexibility index (Phi) is 7.97. The molecule has 0 unspecified atom stereocenters. The highest BCUT2D eigenvalue weighted by molar-refractivity contribution is 5.94. The predicted octanol–water partition coefficient (Wildman–Crippen LogP) is 3.68. The largest absolute Gasteiger partial charge is 0.343 e. The molecule has 0 spiro atoms. The van der Waals surface area contributed by atoms with Gasteiger partial charge in [-0.3, -0.25) is 14.4 Å². The number of carbonyl (C=O) groups excluding carboxylic acids is 3. The lowest BCUT2D eigenvalue weighted by molar-refractivity contribution is -0.121. The maximum absolute atomic E-state index is 12.4. The summed E-state index contributed by atoms with van der Waals surface area (Å²) in [5.41, 5.74) is 0.622. The quantitative estimate of drug-likeness (QED) is 0.537. The van der Waals surface area contributed by atoms with Crippen LogP contribution in [0.15, 0.2) is 28.8 Å². The number of aromatic nitrogens is 2. The number of hydrogen-bond acceptors (Lipinski definition) is 6. The fraction of sp³-hybridized carbons (Fsp3) is 0.522. The fourth-order valence-corrected chi connectivity index (χ4v) is 3.99. The topological polar surface area (TPSA) is 126 Å². The average Bonchev–Trinajstić information content (AvgIpc) is 3.12. The third kappa shape index (κ3) is 6.38. The van der Waals surface area contributed by atoms with Crippen LogP contribution >= 0.6 is 0 Å². The van der Waals surface area contributed by atoms with Gasteiger partial charge in [-0.15, -0.1) is 0 Å². The molecule has 3 amide bonds. The van der Waals surface area contributed by atoms with Crippen LogP contribution in [-0.2, 0) is 26.3 Å². The van der Waals surface area contributed by atoms with Gasteiger partial charge in [0.1, 0.15) is 5.54 Å². The van der Waals surface area contributed by atoms with Crippen LogP contribution in [0.3, 0.4) is 0 Å². The Bertz CT molecular complexity index is 947. The Balaban J connectivity index is 1.59. The van der Waals surface area contributed by atoms with Crippen LogP contribution in [-0.4, -0.2) is 27.9 Å².